The molecule has 2 aliphatic rings. The van der Waals surface area contributed by atoms with Crippen molar-refractivity contribution in [2.24, 2.45) is 5.41 Å². The van der Waals surface area contributed by atoms with Crippen molar-refractivity contribution in [3.63, 3.8) is 0 Å². The Morgan fingerprint density at radius 2 is 1.94 bits per heavy atom. The van der Waals surface area contributed by atoms with Crippen molar-refractivity contribution in [2.75, 3.05) is 6.26 Å². The van der Waals surface area contributed by atoms with E-state index in [4.69, 9.17) is 0 Å². The molecule has 3 unspecified atom stereocenters. The van der Waals surface area contributed by atoms with Crippen LogP contribution in [0.5, 0.6) is 0 Å². The second-order valence-electron chi connectivity index (χ2n) is 6.44. The van der Waals surface area contributed by atoms with Crippen LogP contribution in [0.4, 0.5) is 0 Å². The van der Waals surface area contributed by atoms with Crippen LogP contribution < -0.4 is 5.32 Å². The number of hydrogen-bond donors (Lipinski definition) is 1. The Balaban J connectivity index is 1.84. The third-order valence-electron chi connectivity index (χ3n) is 4.41. The van der Waals surface area contributed by atoms with Crippen molar-refractivity contribution >= 4 is 11.8 Å². The molecule has 1 N–H and O–H groups in total. The van der Waals surface area contributed by atoms with Crippen molar-refractivity contribution in [1.82, 2.24) is 5.32 Å². The van der Waals surface area contributed by atoms with Gasteiger partial charge in [0, 0.05) is 17.3 Å². The third-order valence-corrected chi connectivity index (χ3v) is 5.58. The van der Waals surface area contributed by atoms with E-state index in [0.717, 1.165) is 17.3 Å². The lowest BCUT2D eigenvalue weighted by atomic mass is 9.75. The molecule has 1 nitrogen and oxygen atoms in total. The maximum absolute atomic E-state index is 3.95. The Morgan fingerprint density at radius 3 is 2.62 bits per heavy atom. The lowest BCUT2D eigenvalue weighted by molar-refractivity contribution is 0.190. The summed E-state index contributed by atoms with van der Waals surface area (Å²) in [6.45, 7) is 4.86. The summed E-state index contributed by atoms with van der Waals surface area (Å²) in [5.74, 6) is 0. The highest BCUT2D eigenvalue weighted by atomic mass is 32.2. The first-order valence-corrected chi connectivity index (χ1v) is 8.18. The quantitative estimate of drug-likeness (QED) is 0.806. The third kappa shape index (κ3) is 3.16. The highest BCUT2D eigenvalue weighted by molar-refractivity contribution is 7.99. The molecule has 0 amide bonds. The molecule has 0 aromatic rings. The SMILES string of the molecule is CSC1CCCC1NC1CCCC(C)(C)C1. The minimum absolute atomic E-state index is 0.573. The fourth-order valence-electron chi connectivity index (χ4n) is 3.54. The minimum Gasteiger partial charge on any atom is -0.310 e. The van der Waals surface area contributed by atoms with Crippen LogP contribution in [0, 0.1) is 5.41 Å². The molecule has 2 saturated carbocycles. The molecule has 0 spiro atoms. The van der Waals surface area contributed by atoms with Crippen LogP contribution >= 0.6 is 11.8 Å². The second-order valence-corrected chi connectivity index (χ2v) is 7.51. The summed E-state index contributed by atoms with van der Waals surface area (Å²) in [6, 6.07) is 1.59. The van der Waals surface area contributed by atoms with Crippen LogP contribution in [0.2, 0.25) is 0 Å². The van der Waals surface area contributed by atoms with Gasteiger partial charge in [0.15, 0.2) is 0 Å². The summed E-state index contributed by atoms with van der Waals surface area (Å²) in [4.78, 5) is 0. The Morgan fingerprint density at radius 1 is 1.12 bits per heavy atom. The van der Waals surface area contributed by atoms with Gasteiger partial charge in [0.25, 0.3) is 0 Å². The molecule has 2 fully saturated rings. The smallest absolute Gasteiger partial charge is 0.0198 e. The van der Waals surface area contributed by atoms with Gasteiger partial charge in [-0.1, -0.05) is 26.7 Å². The minimum atomic E-state index is 0.573. The summed E-state index contributed by atoms with van der Waals surface area (Å²) in [6.07, 6.45) is 12.2. The Bertz CT molecular complexity index is 227. The van der Waals surface area contributed by atoms with Gasteiger partial charge < -0.3 is 5.32 Å². The van der Waals surface area contributed by atoms with Crippen LogP contribution in [0.25, 0.3) is 0 Å². The van der Waals surface area contributed by atoms with E-state index in [0.29, 0.717) is 5.41 Å². The molecule has 0 bridgehead atoms. The summed E-state index contributed by atoms with van der Waals surface area (Å²) >= 11 is 2.07. The van der Waals surface area contributed by atoms with Crippen molar-refractivity contribution in [3.8, 4) is 0 Å². The lowest BCUT2D eigenvalue weighted by Gasteiger charge is -2.37. The Hall–Kier alpha value is 0.310. The average Bonchev–Trinajstić information content (AvgIpc) is 2.63. The van der Waals surface area contributed by atoms with Crippen LogP contribution in [-0.4, -0.2) is 23.6 Å². The van der Waals surface area contributed by atoms with Crippen molar-refractivity contribution < 1.29 is 0 Å². The summed E-state index contributed by atoms with van der Waals surface area (Å²) in [5, 5.41) is 4.83. The van der Waals surface area contributed by atoms with Gasteiger partial charge in [0.05, 0.1) is 0 Å². The van der Waals surface area contributed by atoms with E-state index in [1.165, 1.54) is 44.9 Å². The molecule has 16 heavy (non-hydrogen) atoms. The fraction of sp³-hybridized carbons (Fsp3) is 1.00. The van der Waals surface area contributed by atoms with Crippen LogP contribution in [-0.2, 0) is 0 Å². The Labute approximate surface area is 105 Å². The highest BCUT2D eigenvalue weighted by Gasteiger charge is 2.32. The second kappa shape index (κ2) is 5.30. The van der Waals surface area contributed by atoms with E-state index >= 15 is 0 Å². The van der Waals surface area contributed by atoms with Gasteiger partial charge >= 0.3 is 0 Å². The first-order chi connectivity index (χ1) is 7.61. The molecule has 0 heterocycles. The number of rotatable bonds is 3. The standard InChI is InChI=1S/C14H27NS/c1-14(2)9-5-6-11(10-14)15-12-7-4-8-13(12)16-3/h11-13,15H,4-10H2,1-3H3. The monoisotopic (exact) mass is 241 g/mol. The van der Waals surface area contributed by atoms with Gasteiger partial charge in [0.2, 0.25) is 0 Å². The predicted octanol–water partition coefficient (Wildman–Crippen LogP) is 3.83. The highest BCUT2D eigenvalue weighted by Crippen LogP contribution is 2.36. The van der Waals surface area contributed by atoms with E-state index in [9.17, 15) is 0 Å². The number of nitrogens with one attached hydrogen (secondary N) is 1. The van der Waals surface area contributed by atoms with Gasteiger partial charge in [-0.3, -0.25) is 0 Å². The maximum atomic E-state index is 3.95. The zero-order valence-corrected chi connectivity index (χ0v) is 11.9. The molecule has 0 radical (unpaired) electrons. The molecule has 2 rings (SSSR count). The van der Waals surface area contributed by atoms with E-state index in [1.54, 1.807) is 0 Å². The first kappa shape index (κ1) is 12.8. The van der Waals surface area contributed by atoms with Crippen molar-refractivity contribution in [2.45, 2.75) is 76.1 Å². The fourth-order valence-corrected chi connectivity index (χ4v) is 4.49. The van der Waals surface area contributed by atoms with Gasteiger partial charge in [-0.2, -0.15) is 11.8 Å². The molecule has 2 heteroatoms. The maximum Gasteiger partial charge on any atom is 0.0198 e. The molecular weight excluding hydrogens is 214 g/mol. The van der Waals surface area contributed by atoms with Crippen LogP contribution in [0.1, 0.15) is 58.8 Å². The molecular formula is C14H27NS. The van der Waals surface area contributed by atoms with Gasteiger partial charge in [-0.15, -0.1) is 0 Å². The molecule has 0 aromatic heterocycles. The van der Waals surface area contributed by atoms with Crippen LogP contribution in [0.3, 0.4) is 0 Å². The van der Waals surface area contributed by atoms with E-state index in [1.807, 2.05) is 0 Å². The topological polar surface area (TPSA) is 12.0 Å². The van der Waals surface area contributed by atoms with Gasteiger partial charge in [0.1, 0.15) is 0 Å². The van der Waals surface area contributed by atoms with Gasteiger partial charge in [-0.25, -0.2) is 0 Å². The van der Waals surface area contributed by atoms with E-state index in [2.05, 4.69) is 37.2 Å². The molecule has 0 aromatic carbocycles. The Kier molecular flexibility index (Phi) is 4.23. The molecule has 2 aliphatic carbocycles. The van der Waals surface area contributed by atoms with E-state index in [-0.39, 0.29) is 0 Å². The summed E-state index contributed by atoms with van der Waals surface area (Å²) in [5.41, 5.74) is 0.573. The normalized spacial score (nSPS) is 38.8. The average molecular weight is 241 g/mol. The largest absolute Gasteiger partial charge is 0.310 e. The zero-order valence-electron chi connectivity index (χ0n) is 11.1. The lowest BCUT2D eigenvalue weighted by Crippen LogP contribution is -2.45. The molecule has 0 saturated heterocycles. The summed E-state index contributed by atoms with van der Waals surface area (Å²) in [7, 11) is 0. The number of thioether (sulfide) groups is 1. The molecule has 0 aliphatic heterocycles. The number of hydrogen-bond acceptors (Lipinski definition) is 2. The first-order valence-electron chi connectivity index (χ1n) is 6.89. The predicted molar refractivity (Wildman–Crippen MR) is 74.1 cm³/mol. The van der Waals surface area contributed by atoms with Crippen molar-refractivity contribution in [1.29, 1.82) is 0 Å². The van der Waals surface area contributed by atoms with Crippen LogP contribution in [0.15, 0.2) is 0 Å². The van der Waals surface area contributed by atoms with E-state index < -0.39 is 0 Å². The zero-order chi connectivity index (χ0) is 11.6. The van der Waals surface area contributed by atoms with Gasteiger partial charge in [-0.05, 0) is 43.8 Å². The summed E-state index contributed by atoms with van der Waals surface area (Å²) < 4.78 is 0. The molecule has 3 atom stereocenters. The molecule has 94 valence electrons. The van der Waals surface area contributed by atoms with Crippen molar-refractivity contribution in [3.05, 3.63) is 0 Å².